The van der Waals surface area contributed by atoms with Gasteiger partial charge in [-0.1, -0.05) is 69.3 Å². The number of pyridine rings is 2. The fourth-order valence-corrected chi connectivity index (χ4v) is 5.27. The summed E-state index contributed by atoms with van der Waals surface area (Å²) in [7, 11) is 0. The number of aromatic nitrogens is 4. The Balaban J connectivity index is 1.53. The van der Waals surface area contributed by atoms with Crippen molar-refractivity contribution in [2.75, 3.05) is 0 Å². The molecular weight excluding hydrogens is 480 g/mol. The molecule has 5 heteroatoms. The number of hydrogen-bond donors (Lipinski definition) is 0. The van der Waals surface area contributed by atoms with Crippen molar-refractivity contribution >= 4 is 33.2 Å². The fourth-order valence-electron chi connectivity index (χ4n) is 5.27. The van der Waals surface area contributed by atoms with E-state index in [1.807, 2.05) is 25.3 Å². The third kappa shape index (κ3) is 3.89. The van der Waals surface area contributed by atoms with E-state index in [1.165, 1.54) is 5.56 Å². The van der Waals surface area contributed by atoms with E-state index in [0.29, 0.717) is 11.4 Å². The molecule has 0 aliphatic carbocycles. The van der Waals surface area contributed by atoms with Crippen LogP contribution in [0.1, 0.15) is 32.0 Å². The van der Waals surface area contributed by atoms with E-state index in [1.54, 1.807) is 0 Å². The number of rotatable bonds is 3. The summed E-state index contributed by atoms with van der Waals surface area (Å²) < 4.78 is 8.23. The molecule has 0 fully saturated rings. The third-order valence-electron chi connectivity index (χ3n) is 7.34. The van der Waals surface area contributed by atoms with Crippen LogP contribution in [0.15, 0.2) is 102 Å². The smallest absolute Gasteiger partial charge is 0.229 e. The van der Waals surface area contributed by atoms with Crippen molar-refractivity contribution in [3.05, 3.63) is 108 Å². The van der Waals surface area contributed by atoms with Crippen LogP contribution < -0.4 is 0 Å². The van der Waals surface area contributed by atoms with E-state index in [9.17, 15) is 0 Å². The largest absolute Gasteiger partial charge is 0.419 e. The number of imidazole rings is 1. The molecule has 39 heavy (non-hydrogen) atoms. The zero-order valence-electron chi connectivity index (χ0n) is 22.4. The minimum absolute atomic E-state index is 0.0194. The SMILES string of the molecule is Cc1ccc2c(n1)oc1ncc(-c3nc4ccccc4n3-c3ccc(C(C)(C)C)cc3-c3ccccc3)cc12. The van der Waals surface area contributed by atoms with Crippen molar-refractivity contribution in [3.63, 3.8) is 0 Å². The first-order valence-electron chi connectivity index (χ1n) is 13.2. The van der Waals surface area contributed by atoms with Crippen LogP contribution >= 0.6 is 0 Å². The molecule has 0 atom stereocenters. The number of fused-ring (bicyclic) bond motifs is 4. The number of para-hydroxylation sites is 2. The van der Waals surface area contributed by atoms with Gasteiger partial charge in [0.05, 0.1) is 22.1 Å². The highest BCUT2D eigenvalue weighted by Crippen LogP contribution is 2.38. The molecule has 3 aromatic carbocycles. The van der Waals surface area contributed by atoms with Crippen molar-refractivity contribution in [1.29, 1.82) is 0 Å². The van der Waals surface area contributed by atoms with Crippen LogP contribution in [0.5, 0.6) is 0 Å². The van der Waals surface area contributed by atoms with Gasteiger partial charge in [-0.3, -0.25) is 4.57 Å². The second-order valence-corrected chi connectivity index (χ2v) is 11.1. The van der Waals surface area contributed by atoms with Crippen molar-refractivity contribution in [3.8, 4) is 28.2 Å². The lowest BCUT2D eigenvalue weighted by Crippen LogP contribution is -2.12. The Labute approximate surface area is 226 Å². The molecule has 0 unspecified atom stereocenters. The number of benzene rings is 3. The maximum atomic E-state index is 5.97. The van der Waals surface area contributed by atoms with Gasteiger partial charge in [-0.15, -0.1) is 0 Å². The molecule has 190 valence electrons. The Kier molecular flexibility index (Phi) is 5.17. The Morgan fingerprint density at radius 1 is 0.718 bits per heavy atom. The van der Waals surface area contributed by atoms with Gasteiger partial charge in [0.2, 0.25) is 11.4 Å². The lowest BCUT2D eigenvalue weighted by Gasteiger charge is -2.23. The lowest BCUT2D eigenvalue weighted by molar-refractivity contribution is 0.590. The van der Waals surface area contributed by atoms with Gasteiger partial charge >= 0.3 is 0 Å². The van der Waals surface area contributed by atoms with Gasteiger partial charge in [-0.2, -0.15) is 0 Å². The van der Waals surface area contributed by atoms with Crippen molar-refractivity contribution in [1.82, 2.24) is 19.5 Å². The van der Waals surface area contributed by atoms with Crippen LogP contribution in [-0.4, -0.2) is 19.5 Å². The van der Waals surface area contributed by atoms with Crippen LogP contribution in [-0.2, 0) is 5.41 Å². The van der Waals surface area contributed by atoms with Gasteiger partial charge in [0.1, 0.15) is 5.82 Å². The topological polar surface area (TPSA) is 56.7 Å². The predicted octanol–water partition coefficient (Wildman–Crippen LogP) is 8.65. The van der Waals surface area contributed by atoms with Crippen molar-refractivity contribution in [2.24, 2.45) is 0 Å². The monoisotopic (exact) mass is 508 g/mol. The van der Waals surface area contributed by atoms with E-state index in [2.05, 4.69) is 109 Å². The molecule has 4 aromatic heterocycles. The van der Waals surface area contributed by atoms with E-state index >= 15 is 0 Å². The maximum absolute atomic E-state index is 5.97. The molecule has 0 amide bonds. The summed E-state index contributed by atoms with van der Waals surface area (Å²) in [5.41, 5.74) is 9.69. The molecule has 5 nitrogen and oxygen atoms in total. The number of aryl methyl sites for hydroxylation is 1. The Hall–Kier alpha value is -4.77. The van der Waals surface area contributed by atoms with Gasteiger partial charge in [0.15, 0.2) is 0 Å². The van der Waals surface area contributed by atoms with Crippen molar-refractivity contribution in [2.45, 2.75) is 33.1 Å². The van der Waals surface area contributed by atoms with Crippen molar-refractivity contribution < 1.29 is 4.42 Å². The molecule has 7 aromatic rings. The highest BCUT2D eigenvalue weighted by atomic mass is 16.3. The van der Waals surface area contributed by atoms with Gasteiger partial charge in [0, 0.05) is 28.4 Å². The summed E-state index contributed by atoms with van der Waals surface area (Å²) in [6.07, 6.45) is 1.85. The zero-order valence-corrected chi connectivity index (χ0v) is 22.4. The molecule has 0 spiro atoms. The molecule has 0 aliphatic heterocycles. The second kappa shape index (κ2) is 8.63. The first kappa shape index (κ1) is 23.4. The van der Waals surface area contributed by atoms with Gasteiger partial charge in [0.25, 0.3) is 0 Å². The highest BCUT2D eigenvalue weighted by molar-refractivity contribution is 6.03. The molecule has 0 N–H and O–H groups in total. The lowest BCUT2D eigenvalue weighted by atomic mass is 9.85. The Bertz CT molecular complexity index is 2010. The third-order valence-corrected chi connectivity index (χ3v) is 7.34. The average Bonchev–Trinajstić information content (AvgIpc) is 3.50. The molecule has 0 bridgehead atoms. The normalized spacial score (nSPS) is 12.1. The standard InChI is InChI=1S/C34H28N4O/c1-21-14-16-25-27-18-23(20-35-32(27)39-33(25)36-21)31-37-28-12-8-9-13-30(28)38(31)29-17-15-24(34(2,3)4)19-26(29)22-10-6-5-7-11-22/h5-20H,1-4H3. The quantitative estimate of drug-likeness (QED) is 0.240. The fraction of sp³-hybridized carbons (Fsp3) is 0.147. The number of furan rings is 1. The molecule has 0 saturated heterocycles. The summed E-state index contributed by atoms with van der Waals surface area (Å²) in [6, 6.07) is 31.8. The Morgan fingerprint density at radius 2 is 1.51 bits per heavy atom. The van der Waals surface area contributed by atoms with E-state index in [-0.39, 0.29) is 5.41 Å². The second-order valence-electron chi connectivity index (χ2n) is 11.1. The average molecular weight is 509 g/mol. The first-order chi connectivity index (χ1) is 18.9. The molecule has 0 radical (unpaired) electrons. The van der Waals surface area contributed by atoms with Crippen LogP contribution in [0, 0.1) is 6.92 Å². The summed E-state index contributed by atoms with van der Waals surface area (Å²) in [6.45, 7) is 8.72. The molecule has 4 heterocycles. The number of nitrogens with zero attached hydrogens (tertiary/aromatic N) is 4. The van der Waals surface area contributed by atoms with Crippen LogP contribution in [0.25, 0.3) is 61.4 Å². The molecule has 7 rings (SSSR count). The van der Waals surface area contributed by atoms with Crippen LogP contribution in [0.2, 0.25) is 0 Å². The summed E-state index contributed by atoms with van der Waals surface area (Å²) in [5, 5.41) is 1.88. The predicted molar refractivity (Wildman–Crippen MR) is 158 cm³/mol. The molecular formula is C34H28N4O. The number of hydrogen-bond acceptors (Lipinski definition) is 4. The minimum atomic E-state index is 0.0194. The summed E-state index contributed by atoms with van der Waals surface area (Å²) in [4.78, 5) is 14.4. The molecule has 0 aliphatic rings. The highest BCUT2D eigenvalue weighted by Gasteiger charge is 2.22. The van der Waals surface area contributed by atoms with Crippen LogP contribution in [0.3, 0.4) is 0 Å². The van der Waals surface area contributed by atoms with Gasteiger partial charge in [-0.25, -0.2) is 15.0 Å². The summed E-state index contributed by atoms with van der Waals surface area (Å²) >= 11 is 0. The molecule has 0 saturated carbocycles. The van der Waals surface area contributed by atoms with E-state index in [0.717, 1.165) is 55.7 Å². The van der Waals surface area contributed by atoms with Crippen LogP contribution in [0.4, 0.5) is 0 Å². The van der Waals surface area contributed by atoms with Gasteiger partial charge in [-0.05, 0) is 65.9 Å². The van der Waals surface area contributed by atoms with E-state index in [4.69, 9.17) is 14.4 Å². The first-order valence-corrected chi connectivity index (χ1v) is 13.2. The van der Waals surface area contributed by atoms with E-state index < -0.39 is 0 Å². The summed E-state index contributed by atoms with van der Waals surface area (Å²) in [5.74, 6) is 0.834. The Morgan fingerprint density at radius 3 is 2.33 bits per heavy atom. The zero-order chi connectivity index (χ0) is 26.7. The minimum Gasteiger partial charge on any atom is -0.419 e. The van der Waals surface area contributed by atoms with Gasteiger partial charge < -0.3 is 4.42 Å². The maximum Gasteiger partial charge on any atom is 0.229 e.